The number of carbonyl (C=O) groups is 1. The van der Waals surface area contributed by atoms with Gasteiger partial charge in [-0.05, 0) is 67.7 Å². The fourth-order valence-corrected chi connectivity index (χ4v) is 4.34. The first-order chi connectivity index (χ1) is 15.2. The number of piperidine rings is 1. The Kier molecular flexibility index (Phi) is 5.69. The summed E-state index contributed by atoms with van der Waals surface area (Å²) in [5, 5.41) is 5.30. The van der Waals surface area contributed by atoms with Crippen molar-refractivity contribution in [3.05, 3.63) is 71.8 Å². The normalized spacial score (nSPS) is 14.6. The lowest BCUT2D eigenvalue weighted by Crippen LogP contribution is -2.34. The number of hydrogen-bond acceptors (Lipinski definition) is 7. The fourth-order valence-electron chi connectivity index (χ4n) is 3.75. The highest BCUT2D eigenvalue weighted by molar-refractivity contribution is 7.13. The maximum atomic E-state index is 12.8. The molecule has 1 saturated heterocycles. The van der Waals surface area contributed by atoms with Crippen molar-refractivity contribution < 1.29 is 9.53 Å². The molecule has 1 fully saturated rings. The molecule has 4 aromatic rings. The van der Waals surface area contributed by atoms with Crippen LogP contribution in [0.15, 0.2) is 60.5 Å². The number of nitrogens with one attached hydrogen (secondary N) is 1. The molecular formula is C24H22N4O2S. The Balaban J connectivity index is 1.29. The molecule has 1 aromatic carbocycles. The number of benzene rings is 1. The van der Waals surface area contributed by atoms with Crippen molar-refractivity contribution in [2.24, 2.45) is 0 Å². The van der Waals surface area contributed by atoms with Gasteiger partial charge in [0.1, 0.15) is 11.9 Å². The van der Waals surface area contributed by atoms with Gasteiger partial charge in [-0.3, -0.25) is 19.7 Å². The van der Waals surface area contributed by atoms with Gasteiger partial charge in [0.2, 0.25) is 0 Å². The third-order valence-electron chi connectivity index (χ3n) is 5.45. The molecule has 0 bridgehead atoms. The second-order valence-electron chi connectivity index (χ2n) is 7.65. The van der Waals surface area contributed by atoms with E-state index in [1.807, 2.05) is 48.8 Å². The van der Waals surface area contributed by atoms with Gasteiger partial charge in [-0.2, -0.15) is 0 Å². The van der Waals surface area contributed by atoms with Crippen LogP contribution in [0.4, 0.5) is 0 Å². The number of thiazole rings is 1. The third kappa shape index (κ3) is 4.62. The molecule has 1 N–H and O–H groups in total. The van der Waals surface area contributed by atoms with Crippen LogP contribution in [0.2, 0.25) is 0 Å². The number of fused-ring (bicyclic) bond motifs is 1. The molecule has 5 rings (SSSR count). The Hall–Kier alpha value is -3.16. The van der Waals surface area contributed by atoms with E-state index in [0.717, 1.165) is 58.7 Å². The molecule has 0 amide bonds. The monoisotopic (exact) mass is 430 g/mol. The van der Waals surface area contributed by atoms with Gasteiger partial charge in [-0.15, -0.1) is 11.3 Å². The summed E-state index contributed by atoms with van der Waals surface area (Å²) in [6, 6.07) is 11.4. The molecule has 0 unspecified atom stereocenters. The van der Waals surface area contributed by atoms with Gasteiger partial charge in [-0.25, -0.2) is 0 Å². The SMILES string of the molecule is O=C(Cc1cc2cc(-c3cncs3)ncc2cn1)c1ccc(OC2CCNCC2)cc1. The lowest BCUT2D eigenvalue weighted by molar-refractivity contribution is 0.0992. The molecule has 0 radical (unpaired) electrons. The van der Waals surface area contributed by atoms with Crippen molar-refractivity contribution in [2.75, 3.05) is 13.1 Å². The van der Waals surface area contributed by atoms with E-state index in [9.17, 15) is 4.79 Å². The van der Waals surface area contributed by atoms with E-state index in [0.29, 0.717) is 5.56 Å². The van der Waals surface area contributed by atoms with Crippen molar-refractivity contribution in [3.63, 3.8) is 0 Å². The molecule has 7 heteroatoms. The number of pyridine rings is 2. The molecule has 0 aliphatic carbocycles. The lowest BCUT2D eigenvalue weighted by Gasteiger charge is -2.23. The van der Waals surface area contributed by atoms with Crippen LogP contribution in [0.1, 0.15) is 28.9 Å². The largest absolute Gasteiger partial charge is 0.490 e. The summed E-state index contributed by atoms with van der Waals surface area (Å²) in [6.45, 7) is 1.98. The van der Waals surface area contributed by atoms with Gasteiger partial charge < -0.3 is 10.1 Å². The quantitative estimate of drug-likeness (QED) is 0.460. The molecule has 31 heavy (non-hydrogen) atoms. The Morgan fingerprint density at radius 3 is 2.61 bits per heavy atom. The average molecular weight is 431 g/mol. The van der Waals surface area contributed by atoms with Gasteiger partial charge in [0.25, 0.3) is 0 Å². The summed E-state index contributed by atoms with van der Waals surface area (Å²) >= 11 is 1.55. The maximum absolute atomic E-state index is 12.8. The molecule has 4 heterocycles. The second kappa shape index (κ2) is 8.91. The zero-order valence-corrected chi connectivity index (χ0v) is 17.8. The zero-order chi connectivity index (χ0) is 21.0. The predicted octanol–water partition coefficient (Wildman–Crippen LogP) is 4.31. The molecule has 0 atom stereocenters. The van der Waals surface area contributed by atoms with Crippen LogP contribution in [-0.4, -0.2) is 39.9 Å². The Morgan fingerprint density at radius 2 is 1.84 bits per heavy atom. The minimum Gasteiger partial charge on any atom is -0.490 e. The maximum Gasteiger partial charge on any atom is 0.168 e. The van der Waals surface area contributed by atoms with Gasteiger partial charge in [0.05, 0.1) is 22.5 Å². The number of rotatable bonds is 6. The first-order valence-electron chi connectivity index (χ1n) is 10.4. The first kappa shape index (κ1) is 19.8. The highest BCUT2D eigenvalue weighted by Crippen LogP contribution is 2.25. The lowest BCUT2D eigenvalue weighted by atomic mass is 10.0. The molecule has 156 valence electrons. The van der Waals surface area contributed by atoms with Gasteiger partial charge in [0, 0.05) is 35.2 Å². The smallest absolute Gasteiger partial charge is 0.168 e. The molecule has 3 aromatic heterocycles. The van der Waals surface area contributed by atoms with Crippen LogP contribution in [0.5, 0.6) is 5.75 Å². The predicted molar refractivity (Wildman–Crippen MR) is 122 cm³/mol. The zero-order valence-electron chi connectivity index (χ0n) is 17.0. The van der Waals surface area contributed by atoms with Crippen molar-refractivity contribution in [2.45, 2.75) is 25.4 Å². The number of ether oxygens (including phenoxy) is 1. The summed E-state index contributed by atoms with van der Waals surface area (Å²) in [4.78, 5) is 26.9. The highest BCUT2D eigenvalue weighted by Gasteiger charge is 2.15. The number of carbonyl (C=O) groups excluding carboxylic acids is 1. The number of nitrogens with zero attached hydrogens (tertiary/aromatic N) is 3. The van der Waals surface area contributed by atoms with Crippen LogP contribution < -0.4 is 10.1 Å². The summed E-state index contributed by atoms with van der Waals surface area (Å²) < 4.78 is 6.03. The summed E-state index contributed by atoms with van der Waals surface area (Å²) in [6.07, 6.45) is 7.91. The second-order valence-corrected chi connectivity index (χ2v) is 8.54. The van der Waals surface area contributed by atoms with E-state index in [1.165, 1.54) is 0 Å². The van der Waals surface area contributed by atoms with E-state index in [-0.39, 0.29) is 18.3 Å². The minimum atomic E-state index is 0.0389. The Labute approximate surface area is 184 Å². The fraction of sp³-hybridized carbons (Fsp3) is 0.250. The molecule has 1 aliphatic rings. The van der Waals surface area contributed by atoms with Crippen LogP contribution in [-0.2, 0) is 6.42 Å². The van der Waals surface area contributed by atoms with Crippen LogP contribution in [0.3, 0.4) is 0 Å². The molecule has 6 nitrogen and oxygen atoms in total. The molecular weight excluding hydrogens is 408 g/mol. The van der Waals surface area contributed by atoms with Crippen molar-refractivity contribution >= 4 is 27.9 Å². The van der Waals surface area contributed by atoms with E-state index in [2.05, 4.69) is 20.3 Å². The van der Waals surface area contributed by atoms with Gasteiger partial charge in [0.15, 0.2) is 5.78 Å². The van der Waals surface area contributed by atoms with Crippen molar-refractivity contribution in [3.8, 4) is 16.3 Å². The first-order valence-corrected chi connectivity index (χ1v) is 11.3. The van der Waals surface area contributed by atoms with Crippen LogP contribution >= 0.6 is 11.3 Å². The standard InChI is InChI=1S/C24H22N4O2S/c29-23(16-1-3-20(4-2-16)30-21-5-7-25-8-6-21)11-19-9-17-10-22(24-14-26-15-31-24)28-13-18(17)12-27-19/h1-4,9-10,12-15,21,25H,5-8,11H2. The highest BCUT2D eigenvalue weighted by atomic mass is 32.1. The van der Waals surface area contributed by atoms with Crippen molar-refractivity contribution in [1.29, 1.82) is 0 Å². The number of ketones is 1. The Morgan fingerprint density at radius 1 is 1.03 bits per heavy atom. The topological polar surface area (TPSA) is 77.0 Å². The number of aromatic nitrogens is 3. The van der Waals surface area contributed by atoms with Crippen molar-refractivity contribution in [1.82, 2.24) is 20.3 Å². The van der Waals surface area contributed by atoms with Gasteiger partial charge >= 0.3 is 0 Å². The number of hydrogen-bond donors (Lipinski definition) is 1. The molecule has 1 aliphatic heterocycles. The van der Waals surface area contributed by atoms with Crippen LogP contribution in [0.25, 0.3) is 21.3 Å². The Bertz CT molecular complexity index is 1190. The van der Waals surface area contributed by atoms with Crippen LogP contribution in [0, 0.1) is 0 Å². The minimum absolute atomic E-state index is 0.0389. The number of Topliss-reactive ketones (excluding diaryl/α,β-unsaturated/α-hetero) is 1. The van der Waals surface area contributed by atoms with E-state index >= 15 is 0 Å². The summed E-state index contributed by atoms with van der Waals surface area (Å²) in [5.41, 5.74) is 4.08. The average Bonchev–Trinajstić information content (AvgIpc) is 3.35. The van der Waals surface area contributed by atoms with Gasteiger partial charge in [-0.1, -0.05) is 0 Å². The van der Waals surface area contributed by atoms with E-state index in [1.54, 1.807) is 23.0 Å². The van der Waals surface area contributed by atoms with E-state index in [4.69, 9.17) is 4.74 Å². The summed E-state index contributed by atoms with van der Waals surface area (Å²) in [7, 11) is 0. The van der Waals surface area contributed by atoms with E-state index < -0.39 is 0 Å². The molecule has 0 saturated carbocycles. The summed E-state index contributed by atoms with van der Waals surface area (Å²) in [5.74, 6) is 0.854. The third-order valence-corrected chi connectivity index (χ3v) is 6.25. The molecule has 0 spiro atoms.